The van der Waals surface area contributed by atoms with Crippen molar-refractivity contribution in [3.8, 4) is 0 Å². The topological polar surface area (TPSA) is 61.4 Å². The van der Waals surface area contributed by atoms with E-state index in [0.29, 0.717) is 26.1 Å². The van der Waals surface area contributed by atoms with Crippen LogP contribution in [0.3, 0.4) is 0 Å². The molecule has 0 saturated heterocycles. The molecule has 1 aromatic carbocycles. The highest BCUT2D eigenvalue weighted by Crippen LogP contribution is 2.17. The largest absolute Gasteiger partial charge is 0.355 e. The van der Waals surface area contributed by atoms with Crippen molar-refractivity contribution in [2.75, 3.05) is 19.6 Å². The first kappa shape index (κ1) is 15.5. The van der Waals surface area contributed by atoms with Gasteiger partial charge < -0.3 is 15.5 Å². The van der Waals surface area contributed by atoms with Crippen molar-refractivity contribution < 1.29 is 9.59 Å². The van der Waals surface area contributed by atoms with E-state index in [1.807, 2.05) is 26.0 Å². The first-order valence-corrected chi connectivity index (χ1v) is 7.51. The van der Waals surface area contributed by atoms with Crippen LogP contribution in [0.2, 0.25) is 0 Å². The summed E-state index contributed by atoms with van der Waals surface area (Å²) in [6.45, 7) is 5.72. The molecule has 0 fully saturated rings. The van der Waals surface area contributed by atoms with Crippen LogP contribution in [-0.2, 0) is 22.6 Å². The summed E-state index contributed by atoms with van der Waals surface area (Å²) >= 11 is 0. The zero-order valence-corrected chi connectivity index (χ0v) is 12.7. The molecule has 2 amide bonds. The minimum absolute atomic E-state index is 0.00161. The Labute approximate surface area is 125 Å². The molecule has 0 saturated carbocycles. The van der Waals surface area contributed by atoms with Gasteiger partial charge in [-0.15, -0.1) is 0 Å². The fraction of sp³-hybridized carbons (Fsp3) is 0.500. The first-order chi connectivity index (χ1) is 10.2. The predicted molar refractivity (Wildman–Crippen MR) is 81.7 cm³/mol. The molecule has 114 valence electrons. The van der Waals surface area contributed by atoms with Crippen LogP contribution in [0.4, 0.5) is 0 Å². The Morgan fingerprint density at radius 2 is 2.00 bits per heavy atom. The number of benzene rings is 1. The minimum Gasteiger partial charge on any atom is -0.355 e. The summed E-state index contributed by atoms with van der Waals surface area (Å²) in [4.78, 5) is 25.8. The zero-order chi connectivity index (χ0) is 15.2. The van der Waals surface area contributed by atoms with Gasteiger partial charge in [-0.1, -0.05) is 24.3 Å². The van der Waals surface area contributed by atoms with Gasteiger partial charge in [-0.05, 0) is 31.4 Å². The monoisotopic (exact) mass is 289 g/mol. The summed E-state index contributed by atoms with van der Waals surface area (Å²) in [5.74, 6) is -0.109. The summed E-state index contributed by atoms with van der Waals surface area (Å²) in [7, 11) is 0. The number of likely N-dealkylation sites (N-methyl/N-ethyl adjacent to an activating group) is 2. The molecule has 0 aromatic heterocycles. The third-order valence-electron chi connectivity index (χ3n) is 3.78. The average molecular weight is 289 g/mol. The van der Waals surface area contributed by atoms with E-state index in [1.54, 1.807) is 4.90 Å². The quantitative estimate of drug-likeness (QED) is 0.838. The molecule has 0 spiro atoms. The second kappa shape index (κ2) is 7.22. The van der Waals surface area contributed by atoms with Crippen LogP contribution < -0.4 is 10.6 Å². The highest BCUT2D eigenvalue weighted by Gasteiger charge is 2.28. The Kier molecular flexibility index (Phi) is 5.33. The molecule has 5 nitrogen and oxygen atoms in total. The van der Waals surface area contributed by atoms with E-state index in [9.17, 15) is 9.59 Å². The first-order valence-electron chi connectivity index (χ1n) is 7.51. The normalized spacial score (nSPS) is 17.0. The van der Waals surface area contributed by atoms with Gasteiger partial charge in [-0.2, -0.15) is 0 Å². The maximum Gasteiger partial charge on any atom is 0.240 e. The van der Waals surface area contributed by atoms with Gasteiger partial charge in [0.25, 0.3) is 0 Å². The average Bonchev–Trinajstić information content (AvgIpc) is 2.51. The molecule has 1 aliphatic rings. The molecule has 5 heteroatoms. The third kappa shape index (κ3) is 3.82. The number of rotatable bonds is 5. The molecule has 1 aliphatic heterocycles. The number of nitrogens with zero attached hydrogens (tertiary/aromatic N) is 1. The predicted octanol–water partition coefficient (Wildman–Crippen LogP) is 0.686. The van der Waals surface area contributed by atoms with E-state index in [0.717, 1.165) is 0 Å². The number of carbonyl (C=O) groups is 2. The second-order valence-corrected chi connectivity index (χ2v) is 5.21. The van der Waals surface area contributed by atoms with E-state index in [-0.39, 0.29) is 24.4 Å². The smallest absolute Gasteiger partial charge is 0.240 e. The lowest BCUT2D eigenvalue weighted by Gasteiger charge is -2.30. The SMILES string of the molecule is CCNC(=O)CN(CC)C(=O)C1Cc2ccccc2CN1. The maximum atomic E-state index is 12.6. The fourth-order valence-electron chi connectivity index (χ4n) is 2.62. The molecule has 0 radical (unpaired) electrons. The Morgan fingerprint density at radius 3 is 2.67 bits per heavy atom. The van der Waals surface area contributed by atoms with Crippen molar-refractivity contribution in [2.24, 2.45) is 0 Å². The van der Waals surface area contributed by atoms with Crippen molar-refractivity contribution in [3.05, 3.63) is 35.4 Å². The van der Waals surface area contributed by atoms with Crippen LogP contribution in [0.15, 0.2) is 24.3 Å². The highest BCUT2D eigenvalue weighted by molar-refractivity contribution is 5.87. The van der Waals surface area contributed by atoms with Crippen LogP contribution in [0.25, 0.3) is 0 Å². The van der Waals surface area contributed by atoms with E-state index in [1.165, 1.54) is 11.1 Å². The van der Waals surface area contributed by atoms with Crippen molar-refractivity contribution in [1.29, 1.82) is 0 Å². The summed E-state index contributed by atoms with van der Waals surface area (Å²) < 4.78 is 0. The van der Waals surface area contributed by atoms with Crippen LogP contribution in [0.1, 0.15) is 25.0 Å². The van der Waals surface area contributed by atoms with Crippen molar-refractivity contribution in [2.45, 2.75) is 32.9 Å². The molecule has 2 N–H and O–H groups in total. The van der Waals surface area contributed by atoms with Gasteiger partial charge in [0, 0.05) is 19.6 Å². The summed E-state index contributed by atoms with van der Waals surface area (Å²) in [5.41, 5.74) is 2.46. The van der Waals surface area contributed by atoms with Gasteiger partial charge in [0.15, 0.2) is 0 Å². The molecule has 0 aliphatic carbocycles. The van der Waals surface area contributed by atoms with Gasteiger partial charge in [0.1, 0.15) is 0 Å². The van der Waals surface area contributed by atoms with Crippen molar-refractivity contribution in [3.63, 3.8) is 0 Å². The molecular weight excluding hydrogens is 266 g/mol. The van der Waals surface area contributed by atoms with Gasteiger partial charge in [0.2, 0.25) is 11.8 Å². The van der Waals surface area contributed by atoms with Crippen LogP contribution in [0.5, 0.6) is 0 Å². The Hall–Kier alpha value is -1.88. The van der Waals surface area contributed by atoms with E-state index in [4.69, 9.17) is 0 Å². The molecule has 1 heterocycles. The fourth-order valence-corrected chi connectivity index (χ4v) is 2.62. The Balaban J connectivity index is 2.01. The van der Waals surface area contributed by atoms with Crippen molar-refractivity contribution >= 4 is 11.8 Å². The molecule has 1 atom stereocenters. The summed E-state index contributed by atoms with van der Waals surface area (Å²) in [5, 5.41) is 6.00. The standard InChI is InChI=1S/C16H23N3O2/c1-3-17-15(20)11-19(4-2)16(21)14-9-12-7-5-6-8-13(12)10-18-14/h5-8,14,18H,3-4,9-11H2,1-2H3,(H,17,20). The number of carbonyl (C=O) groups excluding carboxylic acids is 2. The van der Waals surface area contributed by atoms with E-state index >= 15 is 0 Å². The van der Waals surface area contributed by atoms with Crippen LogP contribution in [-0.4, -0.2) is 42.4 Å². The van der Waals surface area contributed by atoms with Gasteiger partial charge in [0.05, 0.1) is 12.6 Å². The second-order valence-electron chi connectivity index (χ2n) is 5.21. The number of nitrogens with one attached hydrogen (secondary N) is 2. The van der Waals surface area contributed by atoms with Gasteiger partial charge >= 0.3 is 0 Å². The van der Waals surface area contributed by atoms with E-state index in [2.05, 4.69) is 22.8 Å². The maximum absolute atomic E-state index is 12.6. The highest BCUT2D eigenvalue weighted by atomic mass is 16.2. The summed E-state index contributed by atoms with van der Waals surface area (Å²) in [6.07, 6.45) is 0.681. The van der Waals surface area contributed by atoms with Gasteiger partial charge in [-0.3, -0.25) is 9.59 Å². The number of fused-ring (bicyclic) bond motifs is 1. The zero-order valence-electron chi connectivity index (χ0n) is 12.7. The summed E-state index contributed by atoms with van der Waals surface area (Å²) in [6, 6.07) is 7.91. The lowest BCUT2D eigenvalue weighted by Crippen LogP contribution is -2.51. The lowest BCUT2D eigenvalue weighted by molar-refractivity contribution is -0.137. The lowest BCUT2D eigenvalue weighted by atomic mass is 9.95. The van der Waals surface area contributed by atoms with Gasteiger partial charge in [-0.25, -0.2) is 0 Å². The van der Waals surface area contributed by atoms with Crippen LogP contribution >= 0.6 is 0 Å². The van der Waals surface area contributed by atoms with E-state index < -0.39 is 0 Å². The molecule has 1 aromatic rings. The molecule has 1 unspecified atom stereocenters. The Bertz CT molecular complexity index is 516. The number of hydrogen-bond donors (Lipinski definition) is 2. The van der Waals surface area contributed by atoms with Crippen molar-refractivity contribution in [1.82, 2.24) is 15.5 Å². The molecule has 2 rings (SSSR count). The Morgan fingerprint density at radius 1 is 1.29 bits per heavy atom. The number of hydrogen-bond acceptors (Lipinski definition) is 3. The molecule has 21 heavy (non-hydrogen) atoms. The minimum atomic E-state index is -0.241. The molecule has 0 bridgehead atoms. The molecular formula is C16H23N3O2. The van der Waals surface area contributed by atoms with Crippen LogP contribution in [0, 0.1) is 0 Å². The third-order valence-corrected chi connectivity index (χ3v) is 3.78. The number of amides is 2.